The van der Waals surface area contributed by atoms with Crippen molar-refractivity contribution >= 4 is 23.4 Å². The van der Waals surface area contributed by atoms with E-state index in [0.29, 0.717) is 30.9 Å². The van der Waals surface area contributed by atoms with Crippen LogP contribution in [0.5, 0.6) is 0 Å². The van der Waals surface area contributed by atoms with E-state index in [0.717, 1.165) is 25.7 Å². The highest BCUT2D eigenvalue weighted by molar-refractivity contribution is 5.96. The molecule has 0 aliphatic carbocycles. The van der Waals surface area contributed by atoms with Gasteiger partial charge >= 0.3 is 0 Å². The Morgan fingerprint density at radius 2 is 1.92 bits per heavy atom. The molecular weight excluding hydrogens is 318 g/mol. The fourth-order valence-corrected chi connectivity index (χ4v) is 2.99. The lowest BCUT2D eigenvalue weighted by Gasteiger charge is -2.32. The van der Waals surface area contributed by atoms with Gasteiger partial charge in [0, 0.05) is 37.8 Å². The number of likely N-dealkylation sites (tertiary alicyclic amines) is 1. The lowest BCUT2D eigenvalue weighted by Crippen LogP contribution is -2.45. The van der Waals surface area contributed by atoms with Crippen LogP contribution in [0.15, 0.2) is 24.3 Å². The van der Waals surface area contributed by atoms with Gasteiger partial charge in [0.1, 0.15) is 0 Å². The van der Waals surface area contributed by atoms with Crippen LogP contribution in [-0.2, 0) is 9.59 Å². The summed E-state index contributed by atoms with van der Waals surface area (Å²) < 4.78 is 0. The number of rotatable bonds is 6. The Balaban J connectivity index is 1.94. The third-order valence-electron chi connectivity index (χ3n) is 4.36. The third-order valence-corrected chi connectivity index (χ3v) is 4.36. The summed E-state index contributed by atoms with van der Waals surface area (Å²) in [6.07, 6.45) is 3.68. The van der Waals surface area contributed by atoms with Crippen LogP contribution < -0.4 is 10.6 Å². The minimum absolute atomic E-state index is 0.0481. The molecule has 0 bridgehead atoms. The van der Waals surface area contributed by atoms with Crippen LogP contribution in [0.4, 0.5) is 5.69 Å². The van der Waals surface area contributed by atoms with E-state index in [1.807, 2.05) is 0 Å². The molecule has 0 radical (unpaired) electrons. The van der Waals surface area contributed by atoms with Gasteiger partial charge in [-0.15, -0.1) is 0 Å². The van der Waals surface area contributed by atoms with Crippen molar-refractivity contribution in [1.82, 2.24) is 10.2 Å². The van der Waals surface area contributed by atoms with Crippen LogP contribution in [0.25, 0.3) is 0 Å². The largest absolute Gasteiger partial charge is 0.356 e. The zero-order valence-corrected chi connectivity index (χ0v) is 15.0. The normalized spacial score (nSPS) is 17.0. The van der Waals surface area contributed by atoms with Crippen LogP contribution in [0.1, 0.15) is 49.9 Å². The van der Waals surface area contributed by atoms with Crippen molar-refractivity contribution in [3.05, 3.63) is 29.8 Å². The van der Waals surface area contributed by atoms with Crippen LogP contribution in [0, 0.1) is 5.92 Å². The predicted molar refractivity (Wildman–Crippen MR) is 97.3 cm³/mol. The summed E-state index contributed by atoms with van der Waals surface area (Å²) in [5.74, 6) is -0.298. The molecule has 1 unspecified atom stereocenters. The summed E-state index contributed by atoms with van der Waals surface area (Å²) in [6.45, 7) is 5.36. The smallest absolute Gasteiger partial charge is 0.253 e. The molecule has 0 spiro atoms. The maximum Gasteiger partial charge on any atom is 0.253 e. The van der Waals surface area contributed by atoms with Gasteiger partial charge in [0.05, 0.1) is 5.92 Å². The molecule has 136 valence electrons. The number of benzene rings is 1. The van der Waals surface area contributed by atoms with Crippen molar-refractivity contribution in [3.8, 4) is 0 Å². The maximum atomic E-state index is 12.7. The Morgan fingerprint density at radius 1 is 1.20 bits per heavy atom. The average Bonchev–Trinajstić information content (AvgIpc) is 2.61. The van der Waals surface area contributed by atoms with Crippen molar-refractivity contribution in [2.24, 2.45) is 5.92 Å². The second kappa shape index (κ2) is 9.20. The molecule has 25 heavy (non-hydrogen) atoms. The number of hydrogen-bond acceptors (Lipinski definition) is 3. The molecule has 1 aliphatic heterocycles. The van der Waals surface area contributed by atoms with Gasteiger partial charge in [-0.1, -0.05) is 13.3 Å². The monoisotopic (exact) mass is 345 g/mol. The number of carbonyl (C=O) groups excluding carboxylic acids is 3. The molecule has 1 aliphatic rings. The first-order valence-electron chi connectivity index (χ1n) is 8.96. The van der Waals surface area contributed by atoms with E-state index in [1.165, 1.54) is 6.92 Å². The number of nitrogens with zero attached hydrogens (tertiary/aromatic N) is 1. The number of hydrogen-bond donors (Lipinski definition) is 2. The number of unbranched alkanes of at least 4 members (excludes halogenated alkanes) is 1. The van der Waals surface area contributed by atoms with Crippen molar-refractivity contribution < 1.29 is 14.4 Å². The quantitative estimate of drug-likeness (QED) is 0.777. The molecule has 6 heteroatoms. The maximum absolute atomic E-state index is 12.7. The summed E-state index contributed by atoms with van der Waals surface area (Å²) in [5.41, 5.74) is 1.23. The summed E-state index contributed by atoms with van der Waals surface area (Å²) in [5, 5.41) is 5.64. The van der Waals surface area contributed by atoms with E-state index in [1.54, 1.807) is 29.2 Å². The second-order valence-electron chi connectivity index (χ2n) is 6.49. The zero-order valence-electron chi connectivity index (χ0n) is 15.0. The van der Waals surface area contributed by atoms with Crippen LogP contribution in [0.3, 0.4) is 0 Å². The number of piperidine rings is 1. The molecule has 1 aromatic carbocycles. The Labute approximate surface area is 149 Å². The molecule has 1 aromatic rings. The van der Waals surface area contributed by atoms with Gasteiger partial charge in [-0.3, -0.25) is 14.4 Å². The van der Waals surface area contributed by atoms with Crippen LogP contribution in [-0.4, -0.2) is 42.3 Å². The molecular formula is C19H27N3O3. The summed E-state index contributed by atoms with van der Waals surface area (Å²) in [7, 11) is 0. The summed E-state index contributed by atoms with van der Waals surface area (Å²) in [4.78, 5) is 37.7. The van der Waals surface area contributed by atoms with Gasteiger partial charge < -0.3 is 15.5 Å². The molecule has 0 aromatic heterocycles. The minimum Gasteiger partial charge on any atom is -0.356 e. The molecule has 1 atom stereocenters. The summed E-state index contributed by atoms with van der Waals surface area (Å²) in [6, 6.07) is 6.85. The summed E-state index contributed by atoms with van der Waals surface area (Å²) >= 11 is 0. The second-order valence-corrected chi connectivity index (χ2v) is 6.49. The van der Waals surface area contributed by atoms with E-state index < -0.39 is 0 Å². The van der Waals surface area contributed by atoms with Gasteiger partial charge in [-0.05, 0) is 43.5 Å². The Hall–Kier alpha value is -2.37. The Morgan fingerprint density at radius 3 is 2.56 bits per heavy atom. The topological polar surface area (TPSA) is 78.5 Å². The molecule has 3 amide bonds. The molecule has 6 nitrogen and oxygen atoms in total. The fraction of sp³-hybridized carbons (Fsp3) is 0.526. The minimum atomic E-state index is -0.146. The highest BCUT2D eigenvalue weighted by Crippen LogP contribution is 2.20. The highest BCUT2D eigenvalue weighted by atomic mass is 16.2. The van der Waals surface area contributed by atoms with Gasteiger partial charge in [-0.2, -0.15) is 0 Å². The van der Waals surface area contributed by atoms with Crippen molar-refractivity contribution in [1.29, 1.82) is 0 Å². The third kappa shape index (κ3) is 5.59. The number of nitrogens with one attached hydrogen (secondary N) is 2. The van der Waals surface area contributed by atoms with Crippen molar-refractivity contribution in [2.45, 2.75) is 39.5 Å². The standard InChI is InChI=1S/C19H27N3O3/c1-3-4-11-20-18(24)16-6-5-12-22(13-16)19(25)15-7-9-17(10-8-15)21-14(2)23/h7-10,16H,3-6,11-13H2,1-2H3,(H,20,24)(H,21,23). The van der Waals surface area contributed by atoms with Gasteiger partial charge in [0.25, 0.3) is 5.91 Å². The molecule has 1 fully saturated rings. The molecule has 1 heterocycles. The highest BCUT2D eigenvalue weighted by Gasteiger charge is 2.28. The van der Waals surface area contributed by atoms with E-state index >= 15 is 0 Å². The number of anilines is 1. The Bertz CT molecular complexity index is 613. The van der Waals surface area contributed by atoms with Crippen LogP contribution >= 0.6 is 0 Å². The SMILES string of the molecule is CCCCNC(=O)C1CCCN(C(=O)c2ccc(NC(C)=O)cc2)C1. The zero-order chi connectivity index (χ0) is 18.2. The first kappa shape index (κ1) is 19.0. The van der Waals surface area contributed by atoms with E-state index in [4.69, 9.17) is 0 Å². The van der Waals surface area contributed by atoms with Gasteiger partial charge in [0.15, 0.2) is 0 Å². The predicted octanol–water partition coefficient (Wildman–Crippen LogP) is 2.41. The van der Waals surface area contributed by atoms with Crippen molar-refractivity contribution in [2.75, 3.05) is 25.0 Å². The number of amides is 3. The molecule has 0 saturated carbocycles. The van der Waals surface area contributed by atoms with Crippen molar-refractivity contribution in [3.63, 3.8) is 0 Å². The molecule has 2 rings (SSSR count). The van der Waals surface area contributed by atoms with Gasteiger partial charge in [-0.25, -0.2) is 0 Å². The molecule has 1 saturated heterocycles. The average molecular weight is 345 g/mol. The fourth-order valence-electron chi connectivity index (χ4n) is 2.99. The van der Waals surface area contributed by atoms with E-state index in [9.17, 15) is 14.4 Å². The first-order valence-corrected chi connectivity index (χ1v) is 8.96. The van der Waals surface area contributed by atoms with Gasteiger partial charge in [0.2, 0.25) is 11.8 Å². The lowest BCUT2D eigenvalue weighted by atomic mass is 9.96. The van der Waals surface area contributed by atoms with Crippen LogP contribution in [0.2, 0.25) is 0 Å². The Kier molecular flexibility index (Phi) is 6.98. The van der Waals surface area contributed by atoms with E-state index in [-0.39, 0.29) is 23.6 Å². The first-order chi connectivity index (χ1) is 12.0. The van der Waals surface area contributed by atoms with E-state index in [2.05, 4.69) is 17.6 Å². The number of carbonyl (C=O) groups is 3. The lowest BCUT2D eigenvalue weighted by molar-refractivity contribution is -0.126. The molecule has 2 N–H and O–H groups in total.